The fourth-order valence-electron chi connectivity index (χ4n) is 1.52. The molecule has 1 rings (SSSR count). The maximum absolute atomic E-state index is 2.54. The Kier molecular flexibility index (Phi) is 3.85. The van der Waals surface area contributed by atoms with E-state index in [1.54, 1.807) is 0 Å². The largest absolute Gasteiger partial charge is 0.0740 e. The number of rotatable bonds is 2. The molecule has 1 atom stereocenters. The Morgan fingerprint density at radius 2 is 1.33 bits per heavy atom. The summed E-state index contributed by atoms with van der Waals surface area (Å²) in [6.45, 7) is 11.3. The molecule has 1 heteroatoms. The van der Waals surface area contributed by atoms with Crippen LogP contribution in [-0.2, 0) is 8.84 Å². The van der Waals surface area contributed by atoms with Crippen molar-refractivity contribution in [2.45, 2.75) is 49.9 Å². The molecule has 0 aromatic heterocycles. The second-order valence-corrected chi connectivity index (χ2v) is 7.76. The summed E-state index contributed by atoms with van der Waals surface area (Å²) in [4.78, 5) is 0. The summed E-state index contributed by atoms with van der Waals surface area (Å²) >= 11 is 2.54. The SMILES string of the molecule is CC[C@](C)(I)c1ccc(C(C)(C)C)cc1. The molecule has 0 aliphatic carbocycles. The summed E-state index contributed by atoms with van der Waals surface area (Å²) in [5.41, 5.74) is 3.10. The van der Waals surface area contributed by atoms with E-state index in [0.29, 0.717) is 0 Å². The first kappa shape index (κ1) is 13.0. The van der Waals surface area contributed by atoms with Crippen LogP contribution < -0.4 is 0 Å². The molecule has 1 aromatic carbocycles. The van der Waals surface area contributed by atoms with Crippen molar-refractivity contribution in [1.82, 2.24) is 0 Å². The maximum Gasteiger partial charge on any atom is 0.0439 e. The quantitative estimate of drug-likeness (QED) is 0.529. The van der Waals surface area contributed by atoms with Crippen LogP contribution in [0.3, 0.4) is 0 Å². The first-order valence-corrected chi connectivity index (χ1v) is 6.65. The summed E-state index contributed by atoms with van der Waals surface area (Å²) in [6, 6.07) is 9.08. The first-order valence-electron chi connectivity index (χ1n) is 5.57. The smallest absolute Gasteiger partial charge is 0.0439 e. The molecule has 0 saturated heterocycles. The minimum Gasteiger partial charge on any atom is -0.0740 e. The molecule has 1 aromatic rings. The van der Waals surface area contributed by atoms with E-state index in [0.717, 1.165) is 0 Å². The molecule has 15 heavy (non-hydrogen) atoms. The van der Waals surface area contributed by atoms with Gasteiger partial charge in [-0.25, -0.2) is 0 Å². The Hall–Kier alpha value is -0.0500. The van der Waals surface area contributed by atoms with E-state index in [4.69, 9.17) is 0 Å². The second-order valence-electron chi connectivity index (χ2n) is 5.38. The standard InChI is InChI=1S/C14H21I/c1-6-14(5,15)12-9-7-11(8-10-12)13(2,3)4/h7-10H,6H2,1-5H3/t14-/m0/s1. The van der Waals surface area contributed by atoms with E-state index in [9.17, 15) is 0 Å². The minimum atomic E-state index is 0.256. The maximum atomic E-state index is 2.54. The number of halogens is 1. The van der Waals surface area contributed by atoms with Gasteiger partial charge in [0.05, 0.1) is 0 Å². The van der Waals surface area contributed by atoms with Gasteiger partial charge in [0.25, 0.3) is 0 Å². The van der Waals surface area contributed by atoms with Gasteiger partial charge in [0.2, 0.25) is 0 Å². The van der Waals surface area contributed by atoms with Gasteiger partial charge in [-0.1, -0.05) is 74.6 Å². The second kappa shape index (κ2) is 4.44. The van der Waals surface area contributed by atoms with E-state index < -0.39 is 0 Å². The lowest BCUT2D eigenvalue weighted by atomic mass is 9.85. The van der Waals surface area contributed by atoms with E-state index >= 15 is 0 Å². The zero-order valence-electron chi connectivity index (χ0n) is 10.4. The Labute approximate surface area is 108 Å². The van der Waals surface area contributed by atoms with Gasteiger partial charge in [-0.05, 0) is 29.9 Å². The van der Waals surface area contributed by atoms with Crippen molar-refractivity contribution >= 4 is 22.6 Å². The highest BCUT2D eigenvalue weighted by Gasteiger charge is 2.21. The molecule has 0 spiro atoms. The van der Waals surface area contributed by atoms with Crippen LogP contribution in [0.5, 0.6) is 0 Å². The van der Waals surface area contributed by atoms with Crippen molar-refractivity contribution < 1.29 is 0 Å². The van der Waals surface area contributed by atoms with Gasteiger partial charge in [-0.2, -0.15) is 0 Å². The Bertz CT molecular complexity index is 314. The van der Waals surface area contributed by atoms with E-state index in [1.807, 2.05) is 0 Å². The summed E-state index contributed by atoms with van der Waals surface area (Å²) in [5, 5.41) is 0. The van der Waals surface area contributed by atoms with Crippen LogP contribution in [0.4, 0.5) is 0 Å². The molecule has 0 nitrogen and oxygen atoms in total. The van der Waals surface area contributed by atoms with Crippen LogP contribution in [0.15, 0.2) is 24.3 Å². The molecule has 0 fully saturated rings. The van der Waals surface area contributed by atoms with Gasteiger partial charge in [-0.3, -0.25) is 0 Å². The fraction of sp³-hybridized carbons (Fsp3) is 0.571. The average Bonchev–Trinajstić information content (AvgIpc) is 2.17. The minimum absolute atomic E-state index is 0.256. The van der Waals surface area contributed by atoms with Gasteiger partial charge >= 0.3 is 0 Å². The summed E-state index contributed by atoms with van der Waals surface area (Å²) < 4.78 is 0.272. The molecule has 0 unspecified atom stereocenters. The fourth-order valence-corrected chi connectivity index (χ4v) is 1.88. The molecular weight excluding hydrogens is 295 g/mol. The Morgan fingerprint density at radius 3 is 1.67 bits per heavy atom. The number of benzene rings is 1. The third-order valence-electron chi connectivity index (χ3n) is 3.02. The predicted octanol–water partition coefficient (Wildman–Crippen LogP) is 5.04. The monoisotopic (exact) mass is 316 g/mol. The molecule has 0 aliphatic heterocycles. The van der Waals surface area contributed by atoms with Gasteiger partial charge in [0, 0.05) is 3.42 Å². The molecular formula is C14H21I. The molecule has 0 amide bonds. The normalized spacial score (nSPS) is 16.1. The van der Waals surface area contributed by atoms with Crippen molar-refractivity contribution in [3.8, 4) is 0 Å². The number of alkyl halides is 1. The average molecular weight is 316 g/mol. The van der Waals surface area contributed by atoms with Crippen molar-refractivity contribution in [1.29, 1.82) is 0 Å². The van der Waals surface area contributed by atoms with Gasteiger partial charge in [0.1, 0.15) is 0 Å². The third-order valence-corrected chi connectivity index (χ3v) is 4.40. The van der Waals surface area contributed by atoms with Crippen LogP contribution in [0.1, 0.15) is 52.2 Å². The zero-order valence-corrected chi connectivity index (χ0v) is 12.6. The van der Waals surface area contributed by atoms with E-state index in [1.165, 1.54) is 17.5 Å². The lowest BCUT2D eigenvalue weighted by Gasteiger charge is -2.24. The molecule has 84 valence electrons. The molecule has 0 saturated carbocycles. The summed E-state index contributed by atoms with van der Waals surface area (Å²) in [6.07, 6.45) is 1.17. The van der Waals surface area contributed by atoms with Crippen LogP contribution >= 0.6 is 22.6 Å². The topological polar surface area (TPSA) is 0 Å². The highest BCUT2D eigenvalue weighted by molar-refractivity contribution is 14.1. The Morgan fingerprint density at radius 1 is 0.933 bits per heavy atom. The Balaban J connectivity index is 3.01. The van der Waals surface area contributed by atoms with Crippen LogP contribution in [0.2, 0.25) is 0 Å². The summed E-state index contributed by atoms with van der Waals surface area (Å²) in [5.74, 6) is 0. The van der Waals surface area contributed by atoms with Crippen molar-refractivity contribution in [2.24, 2.45) is 0 Å². The van der Waals surface area contributed by atoms with Crippen LogP contribution in [0, 0.1) is 0 Å². The van der Waals surface area contributed by atoms with Crippen LogP contribution in [0.25, 0.3) is 0 Å². The van der Waals surface area contributed by atoms with E-state index in [-0.39, 0.29) is 8.84 Å². The molecule has 0 N–H and O–H groups in total. The first-order chi connectivity index (χ1) is 6.77. The zero-order chi connectivity index (χ0) is 11.7. The highest BCUT2D eigenvalue weighted by atomic mass is 127. The van der Waals surface area contributed by atoms with Gasteiger partial charge in [0.15, 0.2) is 0 Å². The van der Waals surface area contributed by atoms with Gasteiger partial charge in [-0.15, -0.1) is 0 Å². The molecule has 0 aliphatic rings. The summed E-state index contributed by atoms with van der Waals surface area (Å²) in [7, 11) is 0. The lowest BCUT2D eigenvalue weighted by molar-refractivity contribution is 0.589. The van der Waals surface area contributed by atoms with Crippen molar-refractivity contribution in [2.75, 3.05) is 0 Å². The highest BCUT2D eigenvalue weighted by Crippen LogP contribution is 2.35. The third kappa shape index (κ3) is 3.20. The van der Waals surface area contributed by atoms with Crippen molar-refractivity contribution in [3.05, 3.63) is 35.4 Å². The molecule has 0 heterocycles. The van der Waals surface area contributed by atoms with Crippen molar-refractivity contribution in [3.63, 3.8) is 0 Å². The molecule has 0 radical (unpaired) electrons. The number of hydrogen-bond donors (Lipinski definition) is 0. The lowest BCUT2D eigenvalue weighted by Crippen LogP contribution is -2.14. The predicted molar refractivity (Wildman–Crippen MR) is 76.8 cm³/mol. The van der Waals surface area contributed by atoms with Crippen LogP contribution in [-0.4, -0.2) is 0 Å². The molecule has 0 bridgehead atoms. The van der Waals surface area contributed by atoms with E-state index in [2.05, 4.69) is 81.5 Å². The van der Waals surface area contributed by atoms with Gasteiger partial charge < -0.3 is 0 Å². The number of hydrogen-bond acceptors (Lipinski definition) is 0.